The van der Waals surface area contributed by atoms with Crippen LogP contribution in [0.25, 0.3) is 0 Å². The third-order valence-electron chi connectivity index (χ3n) is 1.21. The van der Waals surface area contributed by atoms with Gasteiger partial charge in [0.15, 0.2) is 0 Å². The van der Waals surface area contributed by atoms with Crippen LogP contribution in [-0.4, -0.2) is 16.2 Å². The Labute approximate surface area is 111 Å². The van der Waals surface area contributed by atoms with Crippen molar-refractivity contribution < 1.29 is 71.5 Å². The quantitative estimate of drug-likeness (QED) is 0.470. The Morgan fingerprint density at radius 3 is 2.42 bits per heavy atom. The van der Waals surface area contributed by atoms with Gasteiger partial charge in [0.2, 0.25) is 0 Å². The first kappa shape index (κ1) is 11.9. The van der Waals surface area contributed by atoms with E-state index < -0.39 is 17.5 Å². The van der Waals surface area contributed by atoms with Crippen molar-refractivity contribution in [2.75, 3.05) is 0 Å². The van der Waals surface area contributed by atoms with Crippen LogP contribution < -0.4 is 56.5 Å². The molecular weight excluding hydrogens is 187 g/mol. The van der Waals surface area contributed by atoms with Crippen LogP contribution in [0.1, 0.15) is 10.4 Å². The van der Waals surface area contributed by atoms with Gasteiger partial charge in [0.1, 0.15) is 5.75 Å². The second kappa shape index (κ2) is 4.83. The van der Waals surface area contributed by atoms with E-state index in [4.69, 9.17) is 10.2 Å². The maximum atomic E-state index is 10.6. The Bertz CT molecular complexity index is 297. The molecule has 0 spiro atoms. The smallest absolute Gasteiger partial charge is 0.870 e. The van der Waals surface area contributed by atoms with Crippen molar-refractivity contribution >= 4 is 5.97 Å². The summed E-state index contributed by atoms with van der Waals surface area (Å²) in [5, 5.41) is 27.7. The van der Waals surface area contributed by atoms with Crippen LogP contribution in [0.5, 0.6) is 11.5 Å². The van der Waals surface area contributed by atoms with Crippen LogP contribution in [0, 0.1) is 0 Å². The SMILES string of the molecule is O=C(O)c1ccc([O-])c(O)c1.[K+]. The first-order chi connectivity index (χ1) is 5.11. The van der Waals surface area contributed by atoms with Crippen molar-refractivity contribution in [3.05, 3.63) is 23.8 Å². The molecule has 1 rings (SSSR count). The van der Waals surface area contributed by atoms with Crippen molar-refractivity contribution in [2.24, 2.45) is 0 Å². The fourth-order valence-electron chi connectivity index (χ4n) is 0.650. The van der Waals surface area contributed by atoms with E-state index in [-0.39, 0.29) is 56.9 Å². The van der Waals surface area contributed by atoms with Crippen LogP contribution in [0.4, 0.5) is 0 Å². The molecule has 0 unspecified atom stereocenters. The molecule has 0 aliphatic heterocycles. The number of carbonyl (C=O) groups is 1. The van der Waals surface area contributed by atoms with E-state index in [1.54, 1.807) is 0 Å². The van der Waals surface area contributed by atoms with E-state index in [9.17, 15) is 9.90 Å². The monoisotopic (exact) mass is 192 g/mol. The third kappa shape index (κ3) is 2.76. The predicted molar refractivity (Wildman–Crippen MR) is 34.5 cm³/mol. The Balaban J connectivity index is 0.00000121. The molecule has 0 aliphatic rings. The number of hydrogen-bond acceptors (Lipinski definition) is 3. The van der Waals surface area contributed by atoms with Crippen LogP contribution >= 0.6 is 0 Å². The zero-order chi connectivity index (χ0) is 8.43. The fraction of sp³-hybridized carbons (Fsp3) is 0. The summed E-state index contributed by atoms with van der Waals surface area (Å²) in [7, 11) is 0. The summed E-state index contributed by atoms with van der Waals surface area (Å²) >= 11 is 0. The number of aromatic hydroxyl groups is 1. The molecule has 4 nitrogen and oxygen atoms in total. The molecule has 0 aliphatic carbocycles. The Morgan fingerprint density at radius 1 is 1.42 bits per heavy atom. The number of rotatable bonds is 1. The van der Waals surface area contributed by atoms with Crippen molar-refractivity contribution in [1.29, 1.82) is 0 Å². The molecule has 0 amide bonds. The summed E-state index contributed by atoms with van der Waals surface area (Å²) in [6.45, 7) is 0. The summed E-state index contributed by atoms with van der Waals surface area (Å²) in [5.74, 6) is -2.28. The molecule has 0 aromatic heterocycles. The number of phenolic OH excluding ortho intramolecular Hbond substituents is 1. The van der Waals surface area contributed by atoms with Gasteiger partial charge in [-0.25, -0.2) is 4.79 Å². The molecule has 2 N–H and O–H groups in total. The van der Waals surface area contributed by atoms with Gasteiger partial charge in [-0.05, 0) is 12.1 Å². The molecule has 12 heavy (non-hydrogen) atoms. The van der Waals surface area contributed by atoms with Crippen LogP contribution in [0.15, 0.2) is 18.2 Å². The van der Waals surface area contributed by atoms with E-state index in [1.807, 2.05) is 0 Å². The summed E-state index contributed by atoms with van der Waals surface area (Å²) in [5.41, 5.74) is -0.0953. The Kier molecular flexibility index (Phi) is 4.80. The molecule has 0 bridgehead atoms. The van der Waals surface area contributed by atoms with Crippen molar-refractivity contribution in [2.45, 2.75) is 0 Å². The zero-order valence-electron chi connectivity index (χ0n) is 6.44. The number of benzene rings is 1. The second-order valence-corrected chi connectivity index (χ2v) is 1.99. The molecule has 58 valence electrons. The fourth-order valence-corrected chi connectivity index (χ4v) is 0.650. The predicted octanol–water partition coefficient (Wildman–Crippen LogP) is -2.83. The third-order valence-corrected chi connectivity index (χ3v) is 1.21. The largest absolute Gasteiger partial charge is 1.00 e. The van der Waals surface area contributed by atoms with E-state index in [0.29, 0.717) is 0 Å². The summed E-state index contributed by atoms with van der Waals surface area (Å²) in [4.78, 5) is 10.3. The maximum absolute atomic E-state index is 10.6. The molecule has 0 atom stereocenters. The summed E-state index contributed by atoms with van der Waals surface area (Å²) < 4.78 is 0. The minimum atomic E-state index is -1.17. The van der Waals surface area contributed by atoms with Gasteiger partial charge >= 0.3 is 57.4 Å². The zero-order valence-corrected chi connectivity index (χ0v) is 9.57. The number of carboxylic acid groups (broad SMARTS) is 1. The van der Waals surface area contributed by atoms with E-state index in [0.717, 1.165) is 18.2 Å². The molecule has 1 aromatic rings. The maximum Gasteiger partial charge on any atom is 1.00 e. The van der Waals surface area contributed by atoms with Gasteiger partial charge in [0.25, 0.3) is 0 Å². The first-order valence-corrected chi connectivity index (χ1v) is 2.84. The Morgan fingerprint density at radius 2 is 2.00 bits per heavy atom. The second-order valence-electron chi connectivity index (χ2n) is 1.99. The van der Waals surface area contributed by atoms with E-state index in [2.05, 4.69) is 0 Å². The number of phenols is 1. The molecule has 1 aromatic carbocycles. The van der Waals surface area contributed by atoms with Gasteiger partial charge in [-0.15, -0.1) is 0 Å². The van der Waals surface area contributed by atoms with Gasteiger partial charge in [-0.1, -0.05) is 11.8 Å². The molecule has 0 saturated carbocycles. The molecule has 0 saturated heterocycles. The summed E-state index contributed by atoms with van der Waals surface area (Å²) in [6, 6.07) is 3.08. The minimum absolute atomic E-state index is 0. The number of aromatic carboxylic acids is 1. The molecule has 0 fully saturated rings. The van der Waals surface area contributed by atoms with Gasteiger partial charge in [0, 0.05) is 0 Å². The molecular formula is C7H5KO4. The van der Waals surface area contributed by atoms with E-state index in [1.165, 1.54) is 0 Å². The average molecular weight is 192 g/mol. The van der Waals surface area contributed by atoms with Gasteiger partial charge in [0.05, 0.1) is 5.56 Å². The van der Waals surface area contributed by atoms with Crippen LogP contribution in [0.2, 0.25) is 0 Å². The van der Waals surface area contributed by atoms with Crippen LogP contribution in [-0.2, 0) is 0 Å². The van der Waals surface area contributed by atoms with Crippen LogP contribution in [0.3, 0.4) is 0 Å². The Hall–Kier alpha value is -0.0736. The molecule has 0 radical (unpaired) electrons. The summed E-state index contributed by atoms with van der Waals surface area (Å²) in [6.07, 6.45) is 0. The normalized spacial score (nSPS) is 8.67. The molecule has 5 heteroatoms. The van der Waals surface area contributed by atoms with E-state index >= 15 is 0 Å². The first-order valence-electron chi connectivity index (χ1n) is 2.84. The van der Waals surface area contributed by atoms with Gasteiger partial charge in [-0.3, -0.25) is 0 Å². The molecule has 0 heterocycles. The van der Waals surface area contributed by atoms with Gasteiger partial charge < -0.3 is 15.3 Å². The van der Waals surface area contributed by atoms with Crippen molar-refractivity contribution in [3.63, 3.8) is 0 Å². The number of carboxylic acids is 1. The van der Waals surface area contributed by atoms with Crippen molar-refractivity contribution in [1.82, 2.24) is 0 Å². The standard InChI is InChI=1S/C7H6O4.K/c8-5-2-1-4(7(10)11)3-6(5)9;/h1-3,8-9H,(H,10,11);/q;+1/p-1. The minimum Gasteiger partial charge on any atom is -0.870 e. The number of hydrogen-bond donors (Lipinski definition) is 2. The average Bonchev–Trinajstić information content (AvgIpc) is 1.94. The van der Waals surface area contributed by atoms with Gasteiger partial charge in [-0.2, -0.15) is 0 Å². The van der Waals surface area contributed by atoms with Crippen molar-refractivity contribution in [3.8, 4) is 11.5 Å². The topological polar surface area (TPSA) is 80.6 Å².